The second-order valence-electron chi connectivity index (χ2n) is 7.08. The van der Waals surface area contributed by atoms with Crippen LogP contribution < -0.4 is 10.9 Å². The molecule has 0 spiro atoms. The highest BCUT2D eigenvalue weighted by Crippen LogP contribution is 2.28. The molecule has 0 saturated heterocycles. The molecule has 0 aliphatic heterocycles. The molecule has 28 heavy (non-hydrogen) atoms. The van der Waals surface area contributed by atoms with Gasteiger partial charge in [-0.1, -0.05) is 13.0 Å². The average molecular weight is 420 g/mol. The maximum absolute atomic E-state index is 12.7. The first-order valence-corrected chi connectivity index (χ1v) is 10.3. The number of thiophene rings is 1. The van der Waals surface area contributed by atoms with Crippen LogP contribution in [0.2, 0.25) is 0 Å². The number of nitrogens with zero attached hydrogens (tertiary/aromatic N) is 3. The Balaban J connectivity index is 2.11. The third-order valence-corrected chi connectivity index (χ3v) is 6.00. The van der Waals surface area contributed by atoms with Crippen LogP contribution in [0.25, 0.3) is 16.5 Å². The summed E-state index contributed by atoms with van der Waals surface area (Å²) in [5, 5.41) is 9.39. The van der Waals surface area contributed by atoms with Gasteiger partial charge in [0.1, 0.15) is 11.5 Å². The highest BCUT2D eigenvalue weighted by Gasteiger charge is 2.28. The molecule has 0 unspecified atom stereocenters. The molecule has 148 valence electrons. The van der Waals surface area contributed by atoms with Gasteiger partial charge in [0, 0.05) is 23.2 Å². The van der Waals surface area contributed by atoms with Gasteiger partial charge in [-0.25, -0.2) is 4.98 Å². The highest BCUT2D eigenvalue weighted by atomic mass is 35.5. The summed E-state index contributed by atoms with van der Waals surface area (Å²) in [4.78, 5) is 33.3. The predicted octanol–water partition coefficient (Wildman–Crippen LogP) is 3.76. The van der Waals surface area contributed by atoms with E-state index in [4.69, 9.17) is 11.6 Å². The zero-order valence-corrected chi connectivity index (χ0v) is 17.7. The number of hydrogen-bond acceptors (Lipinski definition) is 5. The maximum Gasteiger partial charge on any atom is 0.255 e. The summed E-state index contributed by atoms with van der Waals surface area (Å²) in [6, 6.07) is 5.62. The SMILES string of the molecule is CCc1c(C)nc(-n2nc(-c3cccs3)cc2NC(=O)C(C)(C)CCl)[nH]c1=O. The number of rotatable bonds is 6. The number of anilines is 1. The summed E-state index contributed by atoms with van der Waals surface area (Å²) in [5.74, 6) is 0.593. The van der Waals surface area contributed by atoms with Gasteiger partial charge in [-0.05, 0) is 38.6 Å². The standard InChI is InChI=1S/C19H22ClN5O2S/c1-5-12-11(2)21-18(23-16(12)26)25-15(22-17(27)19(3,4)10-20)9-13(24-25)14-7-6-8-28-14/h6-9H,5,10H2,1-4H3,(H,22,27)(H,21,23,26). The van der Waals surface area contributed by atoms with Crippen LogP contribution in [0, 0.1) is 12.3 Å². The number of nitrogens with one attached hydrogen (secondary N) is 2. The van der Waals surface area contributed by atoms with Gasteiger partial charge in [0.25, 0.3) is 5.56 Å². The molecule has 0 atom stereocenters. The fourth-order valence-corrected chi connectivity index (χ4v) is 3.44. The lowest BCUT2D eigenvalue weighted by Gasteiger charge is -2.20. The topological polar surface area (TPSA) is 92.7 Å². The van der Waals surface area contributed by atoms with Crippen molar-refractivity contribution in [2.75, 3.05) is 11.2 Å². The van der Waals surface area contributed by atoms with Crippen LogP contribution in [0.3, 0.4) is 0 Å². The first-order valence-electron chi connectivity index (χ1n) is 8.88. The van der Waals surface area contributed by atoms with E-state index in [1.807, 2.05) is 24.4 Å². The van der Waals surface area contributed by atoms with Crippen LogP contribution in [-0.2, 0) is 11.2 Å². The van der Waals surface area contributed by atoms with Crippen LogP contribution >= 0.6 is 22.9 Å². The van der Waals surface area contributed by atoms with E-state index in [1.165, 1.54) is 16.0 Å². The normalized spacial score (nSPS) is 11.6. The van der Waals surface area contributed by atoms with E-state index >= 15 is 0 Å². The second-order valence-corrected chi connectivity index (χ2v) is 8.30. The number of carbonyl (C=O) groups is 1. The number of H-pyrrole nitrogens is 1. The lowest BCUT2D eigenvalue weighted by Crippen LogP contribution is -2.33. The summed E-state index contributed by atoms with van der Waals surface area (Å²) < 4.78 is 1.45. The Morgan fingerprint density at radius 2 is 2.18 bits per heavy atom. The van der Waals surface area contributed by atoms with Crippen molar-refractivity contribution >= 4 is 34.7 Å². The highest BCUT2D eigenvalue weighted by molar-refractivity contribution is 7.13. The summed E-state index contributed by atoms with van der Waals surface area (Å²) in [5.41, 5.74) is 0.962. The average Bonchev–Trinajstić information content (AvgIpc) is 3.31. The Kier molecular flexibility index (Phi) is 5.71. The van der Waals surface area contributed by atoms with Gasteiger partial charge >= 0.3 is 0 Å². The Bertz CT molecular complexity index is 1050. The van der Waals surface area contributed by atoms with Crippen LogP contribution in [0.1, 0.15) is 32.0 Å². The van der Waals surface area contributed by atoms with Crippen molar-refractivity contribution in [1.29, 1.82) is 0 Å². The van der Waals surface area contributed by atoms with E-state index in [0.29, 0.717) is 29.2 Å². The number of alkyl halides is 1. The van der Waals surface area contributed by atoms with Gasteiger partial charge in [-0.2, -0.15) is 9.78 Å². The van der Waals surface area contributed by atoms with Gasteiger partial charge in [0.2, 0.25) is 11.9 Å². The maximum atomic E-state index is 12.7. The van der Waals surface area contributed by atoms with Gasteiger partial charge in [0.15, 0.2) is 0 Å². The van der Waals surface area contributed by atoms with E-state index < -0.39 is 5.41 Å². The molecule has 3 aromatic heterocycles. The number of aromatic amines is 1. The Labute approximate surface area is 171 Å². The zero-order chi connectivity index (χ0) is 20.5. The second kappa shape index (κ2) is 7.89. The number of hydrogen-bond donors (Lipinski definition) is 2. The number of carbonyl (C=O) groups excluding carboxylic acids is 1. The number of amides is 1. The Morgan fingerprint density at radius 1 is 1.43 bits per heavy atom. The van der Waals surface area contributed by atoms with Gasteiger partial charge in [-0.3, -0.25) is 14.6 Å². The minimum atomic E-state index is -0.761. The lowest BCUT2D eigenvalue weighted by molar-refractivity contribution is -0.123. The van der Waals surface area contributed by atoms with E-state index in [0.717, 1.165) is 4.88 Å². The molecule has 0 fully saturated rings. The third-order valence-electron chi connectivity index (χ3n) is 4.44. The molecule has 7 nitrogen and oxygen atoms in total. The molecular formula is C19H22ClN5O2S. The fourth-order valence-electron chi connectivity index (χ4n) is 2.63. The molecular weight excluding hydrogens is 398 g/mol. The molecule has 0 aliphatic carbocycles. The van der Waals surface area contributed by atoms with E-state index in [1.54, 1.807) is 26.8 Å². The van der Waals surface area contributed by atoms with Crippen LogP contribution in [-0.4, -0.2) is 31.5 Å². The van der Waals surface area contributed by atoms with E-state index in [2.05, 4.69) is 20.4 Å². The molecule has 9 heteroatoms. The van der Waals surface area contributed by atoms with E-state index in [-0.39, 0.29) is 23.3 Å². The number of aryl methyl sites for hydroxylation is 1. The van der Waals surface area contributed by atoms with Crippen molar-refractivity contribution in [3.05, 3.63) is 45.2 Å². The van der Waals surface area contributed by atoms with Gasteiger partial charge in [0.05, 0.1) is 10.3 Å². The minimum Gasteiger partial charge on any atom is -0.310 e. The molecule has 0 aromatic carbocycles. The first-order chi connectivity index (χ1) is 13.3. The van der Waals surface area contributed by atoms with Crippen LogP contribution in [0.5, 0.6) is 0 Å². The van der Waals surface area contributed by atoms with Gasteiger partial charge in [-0.15, -0.1) is 22.9 Å². The minimum absolute atomic E-state index is 0.171. The largest absolute Gasteiger partial charge is 0.310 e. The van der Waals surface area contributed by atoms with Crippen molar-refractivity contribution in [2.24, 2.45) is 5.41 Å². The zero-order valence-electron chi connectivity index (χ0n) is 16.2. The van der Waals surface area contributed by atoms with E-state index in [9.17, 15) is 9.59 Å². The molecule has 0 aliphatic rings. The van der Waals surface area contributed by atoms with Crippen molar-refractivity contribution < 1.29 is 4.79 Å². The van der Waals surface area contributed by atoms with Crippen molar-refractivity contribution in [2.45, 2.75) is 34.1 Å². The van der Waals surface area contributed by atoms with Gasteiger partial charge < -0.3 is 5.32 Å². The smallest absolute Gasteiger partial charge is 0.255 e. The molecule has 0 radical (unpaired) electrons. The summed E-state index contributed by atoms with van der Waals surface area (Å²) >= 11 is 7.46. The van der Waals surface area contributed by atoms with Crippen molar-refractivity contribution in [3.63, 3.8) is 0 Å². The summed E-state index contributed by atoms with van der Waals surface area (Å²) in [6.07, 6.45) is 0.585. The lowest BCUT2D eigenvalue weighted by atomic mass is 9.95. The molecule has 0 bridgehead atoms. The van der Waals surface area contributed by atoms with Crippen LogP contribution in [0.4, 0.5) is 5.82 Å². The third kappa shape index (κ3) is 3.88. The Hall–Kier alpha value is -2.45. The summed E-state index contributed by atoms with van der Waals surface area (Å²) in [7, 11) is 0. The van der Waals surface area contributed by atoms with Crippen LogP contribution in [0.15, 0.2) is 28.4 Å². The molecule has 3 rings (SSSR count). The summed E-state index contributed by atoms with van der Waals surface area (Å²) in [6.45, 7) is 7.21. The molecule has 3 heterocycles. The fraction of sp³-hybridized carbons (Fsp3) is 0.368. The quantitative estimate of drug-likeness (QED) is 0.595. The number of aromatic nitrogens is 4. The molecule has 3 aromatic rings. The molecule has 2 N–H and O–H groups in total. The first kappa shape index (κ1) is 20.3. The van der Waals surface area contributed by atoms with Crippen molar-refractivity contribution in [3.8, 4) is 16.5 Å². The monoisotopic (exact) mass is 419 g/mol. The van der Waals surface area contributed by atoms with Crippen molar-refractivity contribution in [1.82, 2.24) is 19.7 Å². The Morgan fingerprint density at radius 3 is 2.75 bits per heavy atom. The number of halogens is 1. The molecule has 0 saturated carbocycles. The predicted molar refractivity (Wildman–Crippen MR) is 113 cm³/mol. The molecule has 1 amide bonds.